The number of hydrogen-bond acceptors (Lipinski definition) is 7. The fourth-order valence-corrected chi connectivity index (χ4v) is 4.31. The molecule has 0 aliphatic heterocycles. The van der Waals surface area contributed by atoms with Crippen molar-refractivity contribution >= 4 is 22.1 Å². The maximum atomic E-state index is 14.2. The Kier molecular flexibility index (Phi) is 5.78. The Hall–Kier alpha value is -4.70. The van der Waals surface area contributed by atoms with Crippen LogP contribution in [0.2, 0.25) is 0 Å². The summed E-state index contributed by atoms with van der Waals surface area (Å²) in [5.74, 6) is 0.547. The molecule has 0 saturated heterocycles. The third-order valence-electron chi connectivity index (χ3n) is 6.11. The van der Waals surface area contributed by atoms with E-state index in [0.717, 1.165) is 35.4 Å². The first-order chi connectivity index (χ1) is 18.1. The Morgan fingerprint density at radius 3 is 2.68 bits per heavy atom. The van der Waals surface area contributed by atoms with Crippen molar-refractivity contribution < 1.29 is 9.13 Å². The van der Waals surface area contributed by atoms with Crippen molar-refractivity contribution in [2.24, 2.45) is 0 Å². The lowest BCUT2D eigenvalue weighted by molar-refractivity contribution is 0.411. The zero-order valence-corrected chi connectivity index (χ0v) is 20.2. The summed E-state index contributed by atoms with van der Waals surface area (Å²) in [4.78, 5) is 21.7. The molecule has 0 atom stereocenters. The van der Waals surface area contributed by atoms with Crippen LogP contribution in [0.1, 0.15) is 12.5 Å². The number of H-pyrrole nitrogens is 2. The van der Waals surface area contributed by atoms with Gasteiger partial charge >= 0.3 is 0 Å². The van der Waals surface area contributed by atoms with Crippen molar-refractivity contribution in [2.75, 3.05) is 13.7 Å². The SMILES string of the molecule is CCNCc1cncc(-c2ccc3[nH]nc(-c4nc5c(-c6cc(F)cc(OC)c6)cncc5[nH]4)c3n2)c1. The maximum absolute atomic E-state index is 14.2. The first kappa shape index (κ1) is 22.7. The number of nitrogens with one attached hydrogen (secondary N) is 3. The van der Waals surface area contributed by atoms with Crippen molar-refractivity contribution in [1.29, 1.82) is 0 Å². The number of aromatic amines is 2. The second-order valence-electron chi connectivity index (χ2n) is 8.58. The van der Waals surface area contributed by atoms with Gasteiger partial charge in [-0.1, -0.05) is 6.92 Å². The molecule has 0 saturated carbocycles. The van der Waals surface area contributed by atoms with E-state index in [4.69, 9.17) is 14.7 Å². The monoisotopic (exact) mass is 494 g/mol. The zero-order chi connectivity index (χ0) is 25.4. The number of ether oxygens (including phenoxy) is 1. The number of nitrogens with zero attached hydrogens (tertiary/aromatic N) is 5. The van der Waals surface area contributed by atoms with E-state index < -0.39 is 5.82 Å². The predicted molar refractivity (Wildman–Crippen MR) is 139 cm³/mol. The van der Waals surface area contributed by atoms with Crippen molar-refractivity contribution in [1.82, 2.24) is 40.4 Å². The third kappa shape index (κ3) is 4.27. The van der Waals surface area contributed by atoms with Crippen LogP contribution < -0.4 is 10.1 Å². The van der Waals surface area contributed by atoms with Gasteiger partial charge in [0.05, 0.1) is 35.6 Å². The summed E-state index contributed by atoms with van der Waals surface area (Å²) in [6.45, 7) is 3.69. The highest BCUT2D eigenvalue weighted by Gasteiger charge is 2.18. The molecule has 0 unspecified atom stereocenters. The molecule has 0 bridgehead atoms. The Labute approximate surface area is 211 Å². The second kappa shape index (κ2) is 9.40. The van der Waals surface area contributed by atoms with Gasteiger partial charge in [0.2, 0.25) is 0 Å². The molecular weight excluding hydrogens is 471 g/mol. The number of hydrogen-bond donors (Lipinski definition) is 3. The van der Waals surface area contributed by atoms with Gasteiger partial charge in [0.25, 0.3) is 0 Å². The molecule has 0 aliphatic rings. The van der Waals surface area contributed by atoms with Gasteiger partial charge in [0.1, 0.15) is 17.1 Å². The number of imidazole rings is 1. The molecule has 0 amide bonds. The van der Waals surface area contributed by atoms with Gasteiger partial charge in [-0.05, 0) is 48.0 Å². The van der Waals surface area contributed by atoms with E-state index in [1.165, 1.54) is 19.2 Å². The van der Waals surface area contributed by atoms with E-state index in [0.29, 0.717) is 44.9 Å². The largest absolute Gasteiger partial charge is 0.497 e. The van der Waals surface area contributed by atoms with Gasteiger partial charge in [-0.3, -0.25) is 15.1 Å². The van der Waals surface area contributed by atoms with Crippen LogP contribution in [0.25, 0.3) is 56.0 Å². The van der Waals surface area contributed by atoms with Gasteiger partial charge in [-0.15, -0.1) is 0 Å². The van der Waals surface area contributed by atoms with E-state index in [1.807, 2.05) is 18.3 Å². The molecular formula is C27H23FN8O. The summed E-state index contributed by atoms with van der Waals surface area (Å²) in [6.07, 6.45) is 6.99. The van der Waals surface area contributed by atoms with Gasteiger partial charge in [-0.2, -0.15) is 5.10 Å². The highest BCUT2D eigenvalue weighted by Crippen LogP contribution is 2.33. The number of benzene rings is 1. The van der Waals surface area contributed by atoms with E-state index in [2.05, 4.69) is 43.5 Å². The summed E-state index contributed by atoms with van der Waals surface area (Å²) < 4.78 is 19.4. The third-order valence-corrected chi connectivity index (χ3v) is 6.11. The summed E-state index contributed by atoms with van der Waals surface area (Å²) in [5.41, 5.74) is 7.45. The number of halogens is 1. The van der Waals surface area contributed by atoms with Crippen molar-refractivity contribution in [3.63, 3.8) is 0 Å². The highest BCUT2D eigenvalue weighted by molar-refractivity contribution is 5.96. The Morgan fingerprint density at radius 1 is 0.919 bits per heavy atom. The molecule has 5 aromatic heterocycles. The van der Waals surface area contributed by atoms with Gasteiger partial charge in [-0.25, -0.2) is 14.4 Å². The standard InChI is InChI=1S/C27H23FN8O/c1-3-29-10-15-6-17(12-30-11-15)21-4-5-22-25(32-21)26(36-35-22)27-33-23-14-31-13-20(24(23)34-27)16-7-18(28)9-19(8-16)37-2/h4-9,11-14,29H,3,10H2,1-2H3,(H,33,34)(H,35,36). The van der Waals surface area contributed by atoms with Gasteiger partial charge in [0, 0.05) is 42.3 Å². The van der Waals surface area contributed by atoms with Crippen LogP contribution in [0.4, 0.5) is 4.39 Å². The second-order valence-corrected chi connectivity index (χ2v) is 8.58. The lowest BCUT2D eigenvalue weighted by atomic mass is 10.1. The molecule has 37 heavy (non-hydrogen) atoms. The maximum Gasteiger partial charge on any atom is 0.161 e. The Bertz CT molecular complexity index is 1740. The smallest absolute Gasteiger partial charge is 0.161 e. The number of rotatable bonds is 7. The number of fused-ring (bicyclic) bond motifs is 2. The molecule has 6 rings (SSSR count). The minimum Gasteiger partial charge on any atom is -0.497 e. The molecule has 0 spiro atoms. The van der Waals surface area contributed by atoms with E-state index in [-0.39, 0.29) is 0 Å². The molecule has 0 radical (unpaired) electrons. The van der Waals surface area contributed by atoms with E-state index in [9.17, 15) is 4.39 Å². The lowest BCUT2D eigenvalue weighted by Gasteiger charge is -2.06. The normalized spacial score (nSPS) is 11.4. The summed E-state index contributed by atoms with van der Waals surface area (Å²) >= 11 is 0. The molecule has 5 heterocycles. The summed E-state index contributed by atoms with van der Waals surface area (Å²) in [7, 11) is 1.50. The van der Waals surface area contributed by atoms with Crippen molar-refractivity contribution in [2.45, 2.75) is 13.5 Å². The van der Waals surface area contributed by atoms with Crippen LogP contribution in [0.3, 0.4) is 0 Å². The zero-order valence-electron chi connectivity index (χ0n) is 20.2. The molecule has 9 nitrogen and oxygen atoms in total. The fraction of sp³-hybridized carbons (Fsp3) is 0.148. The Balaban J connectivity index is 1.43. The van der Waals surface area contributed by atoms with Crippen molar-refractivity contribution in [3.05, 3.63) is 72.6 Å². The van der Waals surface area contributed by atoms with Crippen LogP contribution in [-0.4, -0.2) is 48.8 Å². The van der Waals surface area contributed by atoms with Crippen LogP contribution >= 0.6 is 0 Å². The minimum atomic E-state index is -0.402. The lowest BCUT2D eigenvalue weighted by Crippen LogP contribution is -2.11. The molecule has 1 aromatic carbocycles. The van der Waals surface area contributed by atoms with Gasteiger partial charge in [0.15, 0.2) is 11.5 Å². The Morgan fingerprint density at radius 2 is 1.81 bits per heavy atom. The number of methoxy groups -OCH3 is 1. The van der Waals surface area contributed by atoms with Crippen LogP contribution in [-0.2, 0) is 6.54 Å². The molecule has 6 aromatic rings. The quantitative estimate of drug-likeness (QED) is 0.289. The number of pyridine rings is 3. The van der Waals surface area contributed by atoms with Crippen LogP contribution in [0.5, 0.6) is 5.75 Å². The molecule has 0 fully saturated rings. The van der Waals surface area contributed by atoms with Gasteiger partial charge < -0.3 is 15.0 Å². The summed E-state index contributed by atoms with van der Waals surface area (Å²) in [5, 5.41) is 10.8. The van der Waals surface area contributed by atoms with E-state index in [1.54, 1.807) is 24.7 Å². The highest BCUT2D eigenvalue weighted by atomic mass is 19.1. The average Bonchev–Trinajstić information content (AvgIpc) is 3.55. The topological polar surface area (TPSA) is 117 Å². The molecule has 10 heteroatoms. The fourth-order valence-electron chi connectivity index (χ4n) is 4.31. The first-order valence-corrected chi connectivity index (χ1v) is 11.8. The molecule has 0 aliphatic carbocycles. The molecule has 3 N–H and O–H groups in total. The van der Waals surface area contributed by atoms with Crippen LogP contribution in [0, 0.1) is 5.82 Å². The molecule has 184 valence electrons. The van der Waals surface area contributed by atoms with Crippen LogP contribution in [0.15, 0.2) is 61.2 Å². The average molecular weight is 495 g/mol. The predicted octanol–water partition coefficient (Wildman–Crippen LogP) is 4.88. The minimum absolute atomic E-state index is 0.402. The summed E-state index contributed by atoms with van der Waals surface area (Å²) in [6, 6.07) is 10.5. The number of aromatic nitrogens is 7. The van der Waals surface area contributed by atoms with Crippen molar-refractivity contribution in [3.8, 4) is 39.7 Å². The first-order valence-electron chi connectivity index (χ1n) is 11.8. The van der Waals surface area contributed by atoms with E-state index >= 15 is 0 Å².